The lowest BCUT2D eigenvalue weighted by Crippen LogP contribution is -2.28. The second-order valence-electron chi connectivity index (χ2n) is 33.3. The van der Waals surface area contributed by atoms with Gasteiger partial charge in [0.2, 0.25) is 0 Å². The molecule has 25 rings (SSSR count). The molecule has 3 heterocycles. The van der Waals surface area contributed by atoms with Crippen molar-refractivity contribution in [3.8, 4) is 50.4 Å². The van der Waals surface area contributed by atoms with Crippen LogP contribution < -0.4 is 4.90 Å². The Kier molecular flexibility index (Phi) is 15.9. The second kappa shape index (κ2) is 27.1. The van der Waals surface area contributed by atoms with Crippen molar-refractivity contribution in [2.24, 2.45) is 0 Å². The van der Waals surface area contributed by atoms with Crippen LogP contribution in [0.25, 0.3) is 148 Å². The summed E-state index contributed by atoms with van der Waals surface area (Å²) in [5.41, 5.74) is 33.0. The van der Waals surface area contributed by atoms with Crippen LogP contribution in [0.1, 0.15) is 72.2 Å². The van der Waals surface area contributed by atoms with Gasteiger partial charge in [-0.25, -0.2) is 0 Å². The van der Waals surface area contributed by atoms with Crippen molar-refractivity contribution < 1.29 is 0 Å². The molecule has 3 aliphatic rings. The van der Waals surface area contributed by atoms with Gasteiger partial charge in [-0.3, -0.25) is 0 Å². The van der Waals surface area contributed by atoms with Crippen LogP contribution in [-0.2, 0) is 16.2 Å². The molecule has 119 heavy (non-hydrogen) atoms. The number of hydrogen-bond acceptors (Lipinski definition) is 1. The molecular weight excluding hydrogens is 1440 g/mol. The van der Waals surface area contributed by atoms with E-state index in [0.29, 0.717) is 0 Å². The van der Waals surface area contributed by atoms with Crippen LogP contribution in [0, 0.1) is 0 Å². The van der Waals surface area contributed by atoms with E-state index in [1.54, 1.807) is 0 Å². The van der Waals surface area contributed by atoms with Gasteiger partial charge in [0.1, 0.15) is 0 Å². The van der Waals surface area contributed by atoms with Crippen molar-refractivity contribution in [3.63, 3.8) is 0 Å². The van der Waals surface area contributed by atoms with Crippen LogP contribution in [0.5, 0.6) is 0 Å². The van der Waals surface area contributed by atoms with Gasteiger partial charge in [0, 0.05) is 77.3 Å². The topological polar surface area (TPSA) is 18.0 Å². The molecule has 0 fully saturated rings. The minimum Gasteiger partial charge on any atom is -0.310 e. The molecule has 22 aromatic rings. The summed E-state index contributed by atoms with van der Waals surface area (Å²) in [6, 6.07) is 156. The summed E-state index contributed by atoms with van der Waals surface area (Å²) < 4.78 is 7.25. The summed E-state index contributed by atoms with van der Waals surface area (Å²) >= 11 is 0. The molecule has 0 amide bonds. The second-order valence-corrected chi connectivity index (χ2v) is 33.3. The number of hydrogen-bond donors (Lipinski definition) is 0. The Hall–Kier alpha value is -14.8. The monoisotopic (exact) mass is 1520 g/mol. The van der Waals surface area contributed by atoms with E-state index < -0.39 is 5.41 Å². The van der Waals surface area contributed by atoms with Crippen molar-refractivity contribution in [2.75, 3.05) is 4.90 Å². The summed E-state index contributed by atoms with van der Waals surface area (Å²) in [4.78, 5) is 2.34. The number of para-hydroxylation sites is 7. The van der Waals surface area contributed by atoms with E-state index in [2.05, 4.69) is 471 Å². The Labute approximate surface area is 692 Å². The largest absolute Gasteiger partial charge is 0.310 e. The number of fused-ring (bicyclic) bond motifs is 24. The number of rotatable bonds is 8. The predicted octanol–water partition coefficient (Wildman–Crippen LogP) is 30.3. The Bertz CT molecular complexity index is 7670. The molecule has 562 valence electrons. The number of anilines is 3. The lowest BCUT2D eigenvalue weighted by molar-refractivity contribution is 0.666. The van der Waals surface area contributed by atoms with Crippen molar-refractivity contribution >= 4 is 115 Å². The maximum atomic E-state index is 2.44. The van der Waals surface area contributed by atoms with Gasteiger partial charge in [-0.1, -0.05) is 349 Å². The van der Waals surface area contributed by atoms with Crippen molar-refractivity contribution in [3.05, 3.63) is 469 Å². The zero-order chi connectivity index (χ0) is 79.2. The summed E-state index contributed by atoms with van der Waals surface area (Å²) in [5, 5.41) is 15.5. The zero-order valence-corrected chi connectivity index (χ0v) is 66.7. The predicted molar refractivity (Wildman–Crippen MR) is 502 cm³/mol. The van der Waals surface area contributed by atoms with Crippen LogP contribution in [0.15, 0.2) is 425 Å². The molecule has 4 nitrogen and oxygen atoms in total. The molecule has 0 N–H and O–H groups in total. The molecular formula is C115H82N4. The Balaban J connectivity index is 0.000000106. The van der Waals surface area contributed by atoms with Gasteiger partial charge in [-0.2, -0.15) is 0 Å². The van der Waals surface area contributed by atoms with Crippen molar-refractivity contribution in [1.29, 1.82) is 0 Å². The lowest BCUT2D eigenvalue weighted by atomic mass is 9.67. The molecule has 3 aromatic heterocycles. The highest BCUT2D eigenvalue weighted by atomic mass is 15.1. The van der Waals surface area contributed by atoms with Gasteiger partial charge in [0.05, 0.1) is 38.5 Å². The first kappa shape index (κ1) is 69.6. The van der Waals surface area contributed by atoms with E-state index in [4.69, 9.17) is 0 Å². The summed E-state index contributed by atoms with van der Waals surface area (Å²) in [6.45, 7) is 9.45. The Morgan fingerprint density at radius 3 is 0.866 bits per heavy atom. The first-order valence-electron chi connectivity index (χ1n) is 41.6. The smallest absolute Gasteiger partial charge is 0.0719 e. The lowest BCUT2D eigenvalue weighted by Gasteiger charge is -2.34. The van der Waals surface area contributed by atoms with Crippen LogP contribution in [0.2, 0.25) is 0 Å². The molecule has 0 bridgehead atoms. The number of benzene rings is 19. The van der Waals surface area contributed by atoms with Crippen molar-refractivity contribution in [1.82, 2.24) is 13.7 Å². The molecule has 0 spiro atoms. The molecule has 0 saturated carbocycles. The van der Waals surface area contributed by atoms with Crippen LogP contribution in [0.4, 0.5) is 17.1 Å². The maximum Gasteiger partial charge on any atom is 0.0719 e. The average Bonchev–Trinajstić information content (AvgIpc) is 1.53. The van der Waals surface area contributed by atoms with E-state index in [9.17, 15) is 0 Å². The molecule has 3 aliphatic carbocycles. The fourth-order valence-electron chi connectivity index (χ4n) is 21.3. The number of nitrogens with zero attached hydrogens (tertiary/aromatic N) is 4. The third-order valence-electron chi connectivity index (χ3n) is 26.3. The highest BCUT2D eigenvalue weighted by Gasteiger charge is 2.47. The standard InChI is InChI=1S/C43H32N2.C41H27N.C31H23N/c1-43(2)39-19-11-9-17-35(39)38-24-21-29-27-32(22-25-34(29)42(38)43)45-40-20-12-10-18-36(40)37-26-23-33(28-41(37)45)44(30-13-5-3-6-14-30)31-15-7-4-8-16-31;1-3-13-29(14-4-1)41(30-15-5-2-6-16-30)37-20-10-7-17-33(37)36-25-23-28-27-31(24-26-32(28)40(36)41)42-38-21-11-8-18-34(38)35-19-9-12-22-39(35)42;1-31(2)27-12-6-3-9-23(27)26-17-15-20-19-21(16-18-22(20)30(26)31)32-28-13-7-4-10-24(28)25-11-5-8-14-29(25)32/h3-28H,1-2H3;1-27H;3-19H,1-2H3. The average molecular weight is 1520 g/mol. The quantitative estimate of drug-likeness (QED) is 0.148. The first-order valence-corrected chi connectivity index (χ1v) is 41.6. The summed E-state index contributed by atoms with van der Waals surface area (Å²) in [5.74, 6) is 0. The molecule has 0 atom stereocenters. The first-order chi connectivity index (χ1) is 58.6. The van der Waals surface area contributed by atoms with Gasteiger partial charge in [0.15, 0.2) is 0 Å². The minimum atomic E-state index is -0.414. The van der Waals surface area contributed by atoms with Gasteiger partial charge >= 0.3 is 0 Å². The third kappa shape index (κ3) is 10.6. The van der Waals surface area contributed by atoms with E-state index >= 15 is 0 Å². The highest BCUT2D eigenvalue weighted by molar-refractivity contribution is 6.14. The minimum absolute atomic E-state index is 0.000202. The van der Waals surface area contributed by atoms with E-state index in [-0.39, 0.29) is 10.8 Å². The highest BCUT2D eigenvalue weighted by Crippen LogP contribution is 2.59. The van der Waals surface area contributed by atoms with Crippen LogP contribution in [-0.4, -0.2) is 13.7 Å². The van der Waals surface area contributed by atoms with Crippen LogP contribution >= 0.6 is 0 Å². The fraction of sp³-hybridized carbons (Fsp3) is 0.0609. The Morgan fingerprint density at radius 2 is 0.479 bits per heavy atom. The van der Waals surface area contributed by atoms with E-state index in [0.717, 1.165) is 17.1 Å². The van der Waals surface area contributed by atoms with Crippen LogP contribution in [0.3, 0.4) is 0 Å². The fourth-order valence-corrected chi connectivity index (χ4v) is 21.3. The molecule has 0 saturated heterocycles. The normalized spacial score (nSPS) is 13.6. The molecule has 0 unspecified atom stereocenters. The molecule has 0 aliphatic heterocycles. The molecule has 4 heteroatoms. The molecule has 0 radical (unpaired) electrons. The van der Waals surface area contributed by atoms with E-state index in [1.165, 1.54) is 193 Å². The Morgan fingerprint density at radius 1 is 0.193 bits per heavy atom. The number of aromatic nitrogens is 3. The third-order valence-corrected chi connectivity index (χ3v) is 26.3. The maximum absolute atomic E-state index is 2.44. The van der Waals surface area contributed by atoms with Gasteiger partial charge in [0.25, 0.3) is 0 Å². The zero-order valence-electron chi connectivity index (χ0n) is 66.7. The summed E-state index contributed by atoms with van der Waals surface area (Å²) in [7, 11) is 0. The van der Waals surface area contributed by atoms with Gasteiger partial charge in [-0.15, -0.1) is 0 Å². The molecule has 19 aromatic carbocycles. The van der Waals surface area contributed by atoms with E-state index in [1.807, 2.05) is 0 Å². The SMILES string of the molecule is CC1(C)c2ccccc2-c2ccc3cc(-n4c5ccccc5c5ccc(N(c6ccccc6)c6ccccc6)cc54)ccc3c21.CC1(C)c2ccccc2-c2ccc3cc(-n4c5ccccc5c5ccccc54)ccc3c21.c1ccc(C2(c3ccccc3)c3ccccc3-c3ccc4cc(-n5c6ccccc6c6ccccc65)ccc4c32)cc1. The van der Waals surface area contributed by atoms with Gasteiger partial charge in [-0.05, 0) is 213 Å². The summed E-state index contributed by atoms with van der Waals surface area (Å²) in [6.07, 6.45) is 0. The van der Waals surface area contributed by atoms with Gasteiger partial charge < -0.3 is 18.6 Å². The van der Waals surface area contributed by atoms with Crippen molar-refractivity contribution in [2.45, 2.75) is 43.9 Å².